The summed E-state index contributed by atoms with van der Waals surface area (Å²) in [6, 6.07) is 9.01. The maximum absolute atomic E-state index is 12.2. The van der Waals surface area contributed by atoms with Crippen molar-refractivity contribution < 1.29 is 8.42 Å². The highest BCUT2D eigenvalue weighted by molar-refractivity contribution is 7.91. The van der Waals surface area contributed by atoms with Gasteiger partial charge in [0.1, 0.15) is 0 Å². The first-order chi connectivity index (χ1) is 9.52. The Bertz CT molecular complexity index is 699. The third kappa shape index (κ3) is 3.55. The largest absolute Gasteiger partial charge is 0.326 e. The van der Waals surface area contributed by atoms with Crippen LogP contribution in [0, 0.1) is 6.92 Å². The normalized spacial score (nSPS) is 11.3. The van der Waals surface area contributed by atoms with Gasteiger partial charge in [-0.25, -0.2) is 8.42 Å². The van der Waals surface area contributed by atoms with Gasteiger partial charge in [-0.15, -0.1) is 0 Å². The Balaban J connectivity index is 2.22. The van der Waals surface area contributed by atoms with Crippen molar-refractivity contribution in [2.24, 2.45) is 5.73 Å². The lowest BCUT2D eigenvalue weighted by Crippen LogP contribution is -2.17. The summed E-state index contributed by atoms with van der Waals surface area (Å²) in [4.78, 5) is 3.92. The molecular weight excluding hydrogens is 274 g/mol. The van der Waals surface area contributed by atoms with Crippen molar-refractivity contribution in [1.29, 1.82) is 0 Å². The molecule has 106 valence electrons. The van der Waals surface area contributed by atoms with E-state index in [9.17, 15) is 8.42 Å². The average molecular weight is 291 g/mol. The van der Waals surface area contributed by atoms with Crippen molar-refractivity contribution in [3.05, 3.63) is 59.4 Å². The summed E-state index contributed by atoms with van der Waals surface area (Å²) in [6.07, 6.45) is 3.12. The number of nitrogens with one attached hydrogen (secondary N) is 1. The highest BCUT2D eigenvalue weighted by Gasteiger charge is 2.14. The Morgan fingerprint density at radius 1 is 1.20 bits per heavy atom. The van der Waals surface area contributed by atoms with E-state index in [1.807, 2.05) is 19.1 Å². The van der Waals surface area contributed by atoms with Crippen LogP contribution in [-0.4, -0.2) is 13.4 Å². The topological polar surface area (TPSA) is 85.1 Å². The van der Waals surface area contributed by atoms with Crippen molar-refractivity contribution in [2.75, 3.05) is 4.72 Å². The smallest absolute Gasteiger partial charge is 0.236 e. The van der Waals surface area contributed by atoms with Gasteiger partial charge in [0.2, 0.25) is 10.0 Å². The van der Waals surface area contributed by atoms with Gasteiger partial charge in [-0.1, -0.05) is 24.3 Å². The van der Waals surface area contributed by atoms with E-state index in [0.29, 0.717) is 17.8 Å². The molecule has 0 saturated heterocycles. The van der Waals surface area contributed by atoms with Crippen molar-refractivity contribution in [3.8, 4) is 0 Å². The molecule has 0 spiro atoms. The van der Waals surface area contributed by atoms with Crippen LogP contribution < -0.4 is 10.5 Å². The first-order valence-corrected chi connectivity index (χ1v) is 7.85. The van der Waals surface area contributed by atoms with Gasteiger partial charge in [0.25, 0.3) is 0 Å². The number of hydrogen-bond donors (Lipinski definition) is 2. The molecular formula is C14H17N3O2S. The number of hydrogen-bond acceptors (Lipinski definition) is 4. The molecule has 2 rings (SSSR count). The van der Waals surface area contributed by atoms with E-state index in [0.717, 1.165) is 11.1 Å². The fraction of sp³-hybridized carbons (Fsp3) is 0.214. The Morgan fingerprint density at radius 3 is 2.55 bits per heavy atom. The number of anilines is 1. The molecule has 3 N–H and O–H groups in total. The molecule has 0 bridgehead atoms. The molecule has 0 atom stereocenters. The molecule has 0 amide bonds. The fourth-order valence-electron chi connectivity index (χ4n) is 1.88. The van der Waals surface area contributed by atoms with Gasteiger partial charge in [-0.05, 0) is 29.7 Å². The number of nitrogens with zero attached hydrogens (tertiary/aromatic N) is 1. The van der Waals surface area contributed by atoms with E-state index >= 15 is 0 Å². The minimum absolute atomic E-state index is 0.102. The molecule has 0 fully saturated rings. The zero-order valence-corrected chi connectivity index (χ0v) is 12.0. The molecule has 0 aliphatic heterocycles. The number of aryl methyl sites for hydroxylation is 1. The lowest BCUT2D eigenvalue weighted by molar-refractivity contribution is 0.600. The summed E-state index contributed by atoms with van der Waals surface area (Å²) in [7, 11) is -3.49. The third-order valence-corrected chi connectivity index (χ3v) is 4.21. The van der Waals surface area contributed by atoms with E-state index in [4.69, 9.17) is 5.73 Å². The van der Waals surface area contributed by atoms with E-state index in [1.54, 1.807) is 24.4 Å². The minimum atomic E-state index is -3.49. The van der Waals surface area contributed by atoms with Crippen molar-refractivity contribution >= 4 is 15.7 Å². The molecule has 0 aliphatic rings. The third-order valence-electron chi connectivity index (χ3n) is 2.99. The zero-order chi connectivity index (χ0) is 14.6. The molecule has 6 heteroatoms. The summed E-state index contributed by atoms with van der Waals surface area (Å²) in [5.41, 5.74) is 8.49. The van der Waals surface area contributed by atoms with Crippen molar-refractivity contribution in [2.45, 2.75) is 19.2 Å². The van der Waals surface area contributed by atoms with Crippen LogP contribution in [0.25, 0.3) is 0 Å². The van der Waals surface area contributed by atoms with Gasteiger partial charge in [0.05, 0.1) is 17.6 Å². The van der Waals surface area contributed by atoms with E-state index in [2.05, 4.69) is 9.71 Å². The number of pyridine rings is 1. The molecule has 0 radical (unpaired) electrons. The fourth-order valence-corrected chi connectivity index (χ4v) is 3.19. The van der Waals surface area contributed by atoms with E-state index in [1.165, 1.54) is 6.20 Å². The van der Waals surface area contributed by atoms with Crippen LogP contribution in [0.1, 0.15) is 16.7 Å². The number of rotatable bonds is 5. The average Bonchev–Trinajstić information content (AvgIpc) is 2.41. The molecule has 0 saturated carbocycles. The van der Waals surface area contributed by atoms with Gasteiger partial charge >= 0.3 is 0 Å². The van der Waals surface area contributed by atoms with Gasteiger partial charge in [0, 0.05) is 12.7 Å². The van der Waals surface area contributed by atoms with E-state index in [-0.39, 0.29) is 5.75 Å². The first-order valence-electron chi connectivity index (χ1n) is 6.20. The summed E-state index contributed by atoms with van der Waals surface area (Å²) in [6.45, 7) is 2.14. The lowest BCUT2D eigenvalue weighted by Gasteiger charge is -2.11. The van der Waals surface area contributed by atoms with Crippen LogP contribution in [0.15, 0.2) is 42.7 Å². The maximum atomic E-state index is 12.2. The number of aromatic nitrogens is 1. The van der Waals surface area contributed by atoms with Crippen LogP contribution in [-0.2, 0) is 22.3 Å². The summed E-state index contributed by atoms with van der Waals surface area (Å²) in [5, 5.41) is 0. The molecule has 0 aliphatic carbocycles. The summed E-state index contributed by atoms with van der Waals surface area (Å²) in [5.74, 6) is -0.102. The Morgan fingerprint density at radius 2 is 1.90 bits per heavy atom. The van der Waals surface area contributed by atoms with E-state index < -0.39 is 10.0 Å². The second-order valence-corrected chi connectivity index (χ2v) is 6.25. The SMILES string of the molecule is Cc1ccncc1NS(=O)(=O)Cc1ccccc1CN. The Kier molecular flexibility index (Phi) is 4.36. The van der Waals surface area contributed by atoms with Gasteiger partial charge < -0.3 is 5.73 Å². The van der Waals surface area contributed by atoms with Crippen LogP contribution in [0.4, 0.5) is 5.69 Å². The number of nitrogens with two attached hydrogens (primary N) is 1. The van der Waals surface area contributed by atoms with Gasteiger partial charge in [0.15, 0.2) is 0 Å². The molecule has 0 unspecified atom stereocenters. The van der Waals surface area contributed by atoms with Crippen molar-refractivity contribution in [3.63, 3.8) is 0 Å². The minimum Gasteiger partial charge on any atom is -0.326 e. The van der Waals surface area contributed by atoms with Crippen molar-refractivity contribution in [1.82, 2.24) is 4.98 Å². The zero-order valence-electron chi connectivity index (χ0n) is 11.2. The standard InChI is InChI=1S/C14H17N3O2S/c1-11-6-7-16-9-14(11)17-20(18,19)10-13-5-3-2-4-12(13)8-15/h2-7,9,17H,8,10,15H2,1H3. The van der Waals surface area contributed by atoms with Crippen LogP contribution in [0.2, 0.25) is 0 Å². The Hall–Kier alpha value is -1.92. The molecule has 1 aromatic carbocycles. The molecule has 5 nitrogen and oxygen atoms in total. The first kappa shape index (κ1) is 14.5. The van der Waals surface area contributed by atoms with Crippen LogP contribution >= 0.6 is 0 Å². The summed E-state index contributed by atoms with van der Waals surface area (Å²) < 4.78 is 27.0. The number of sulfonamides is 1. The van der Waals surface area contributed by atoms with Crippen LogP contribution in [0.5, 0.6) is 0 Å². The molecule has 2 aromatic rings. The Labute approximate surface area is 118 Å². The maximum Gasteiger partial charge on any atom is 0.236 e. The highest BCUT2D eigenvalue weighted by Crippen LogP contribution is 2.17. The molecule has 1 heterocycles. The second kappa shape index (κ2) is 6.02. The number of benzene rings is 1. The predicted octanol–water partition coefficient (Wildman–Crippen LogP) is 1.79. The monoisotopic (exact) mass is 291 g/mol. The predicted molar refractivity (Wildman–Crippen MR) is 79.6 cm³/mol. The van der Waals surface area contributed by atoms with Crippen LogP contribution in [0.3, 0.4) is 0 Å². The second-order valence-electron chi connectivity index (χ2n) is 4.52. The van der Waals surface area contributed by atoms with Gasteiger partial charge in [-0.2, -0.15) is 0 Å². The van der Waals surface area contributed by atoms with Gasteiger partial charge in [-0.3, -0.25) is 9.71 Å². The molecule has 1 aromatic heterocycles. The molecule has 20 heavy (non-hydrogen) atoms. The highest BCUT2D eigenvalue weighted by atomic mass is 32.2. The summed E-state index contributed by atoms with van der Waals surface area (Å²) >= 11 is 0. The lowest BCUT2D eigenvalue weighted by atomic mass is 10.1. The quantitative estimate of drug-likeness (QED) is 0.879.